The van der Waals surface area contributed by atoms with Crippen LogP contribution in [0.1, 0.15) is 0 Å². The van der Waals surface area contributed by atoms with Gasteiger partial charge >= 0.3 is 0 Å². The summed E-state index contributed by atoms with van der Waals surface area (Å²) in [5.74, 6) is 0. The third-order valence-electron chi connectivity index (χ3n) is 4.72. The van der Waals surface area contributed by atoms with Crippen LogP contribution in [0.15, 0.2) is 64.5 Å². The quantitative estimate of drug-likeness (QED) is 0.434. The maximum Gasteiger partial charge on any atom is 0.275 e. The average molecular weight is 405 g/mol. The Balaban J connectivity index is 1.74. The first-order chi connectivity index (χ1) is 13.6. The Morgan fingerprint density at radius 2 is 1.96 bits per heavy atom. The minimum atomic E-state index is -0.0693. The van der Waals surface area contributed by atoms with Gasteiger partial charge in [0.25, 0.3) is 5.56 Å². The zero-order valence-corrected chi connectivity index (χ0v) is 16.9. The Morgan fingerprint density at radius 1 is 1.07 bits per heavy atom. The highest BCUT2D eigenvalue weighted by Crippen LogP contribution is 2.35. The van der Waals surface area contributed by atoms with Crippen LogP contribution >= 0.6 is 22.7 Å². The summed E-state index contributed by atoms with van der Waals surface area (Å²) in [7, 11) is 3.96. The number of pyridine rings is 1. The smallest absolute Gasteiger partial charge is 0.275 e. The summed E-state index contributed by atoms with van der Waals surface area (Å²) in [5, 5.41) is 5.08. The molecule has 0 aliphatic carbocycles. The lowest BCUT2D eigenvalue weighted by molar-refractivity contribution is 0.968. The highest BCUT2D eigenvalue weighted by atomic mass is 32.1. The molecule has 0 N–H and O–H groups in total. The Bertz CT molecular complexity index is 1370. The monoisotopic (exact) mass is 404 g/mol. The molecule has 138 valence electrons. The highest BCUT2D eigenvalue weighted by Gasteiger charge is 2.17. The van der Waals surface area contributed by atoms with E-state index in [0.717, 1.165) is 32.7 Å². The highest BCUT2D eigenvalue weighted by molar-refractivity contribution is 7.25. The minimum absolute atomic E-state index is 0.0693. The molecule has 0 amide bonds. The van der Waals surface area contributed by atoms with E-state index in [1.165, 1.54) is 11.3 Å². The number of hydrogen-bond acceptors (Lipinski definition) is 6. The first-order valence-electron chi connectivity index (χ1n) is 8.72. The lowest BCUT2D eigenvalue weighted by atomic mass is 10.1. The Kier molecular flexibility index (Phi) is 3.99. The van der Waals surface area contributed by atoms with Gasteiger partial charge in [0.2, 0.25) is 0 Å². The molecule has 5 rings (SSSR count). The predicted octanol–water partition coefficient (Wildman–Crippen LogP) is 4.79. The molecule has 5 aromatic rings. The van der Waals surface area contributed by atoms with Gasteiger partial charge in [-0.25, -0.2) is 9.97 Å². The molecule has 0 saturated carbocycles. The first kappa shape index (κ1) is 17.1. The summed E-state index contributed by atoms with van der Waals surface area (Å²) in [6, 6.07) is 12.0. The number of benzene rings is 1. The fraction of sp³-hybridized carbons (Fsp3) is 0.0952. The number of hydrogen-bond donors (Lipinski definition) is 0. The van der Waals surface area contributed by atoms with E-state index in [1.807, 2.05) is 48.6 Å². The van der Waals surface area contributed by atoms with Crippen LogP contribution in [0.5, 0.6) is 0 Å². The average Bonchev–Trinajstić information content (AvgIpc) is 3.36. The van der Waals surface area contributed by atoms with Crippen molar-refractivity contribution in [2.45, 2.75) is 0 Å². The summed E-state index contributed by atoms with van der Waals surface area (Å²) in [6.45, 7) is 0. The van der Waals surface area contributed by atoms with E-state index < -0.39 is 0 Å². The fourth-order valence-corrected chi connectivity index (χ4v) is 5.07. The van der Waals surface area contributed by atoms with Crippen LogP contribution in [0.2, 0.25) is 0 Å². The fourth-order valence-electron chi connectivity index (χ4n) is 3.36. The SMILES string of the molecule is CN(C)c1ccnc2sc3c(=O)n(-c4cccc(-c5ccsc5)c4)cnc3c12. The van der Waals surface area contributed by atoms with Crippen molar-refractivity contribution in [3.63, 3.8) is 0 Å². The molecule has 4 heterocycles. The summed E-state index contributed by atoms with van der Waals surface area (Å²) >= 11 is 3.06. The van der Waals surface area contributed by atoms with Gasteiger partial charge in [0.1, 0.15) is 15.9 Å². The Hall–Kier alpha value is -3.03. The number of rotatable bonds is 3. The maximum absolute atomic E-state index is 13.3. The van der Waals surface area contributed by atoms with E-state index >= 15 is 0 Å². The van der Waals surface area contributed by atoms with Crippen LogP contribution in [0, 0.1) is 0 Å². The maximum atomic E-state index is 13.3. The molecule has 1 aromatic carbocycles. The van der Waals surface area contributed by atoms with Crippen molar-refractivity contribution in [3.8, 4) is 16.8 Å². The van der Waals surface area contributed by atoms with E-state index in [-0.39, 0.29) is 5.56 Å². The van der Waals surface area contributed by atoms with Crippen LogP contribution in [0.3, 0.4) is 0 Å². The molecule has 0 fully saturated rings. The number of anilines is 1. The van der Waals surface area contributed by atoms with E-state index in [9.17, 15) is 4.79 Å². The van der Waals surface area contributed by atoms with E-state index in [2.05, 4.69) is 27.5 Å². The van der Waals surface area contributed by atoms with Gasteiger partial charge in [-0.15, -0.1) is 11.3 Å². The second kappa shape index (κ2) is 6.54. The Morgan fingerprint density at radius 3 is 2.75 bits per heavy atom. The third-order valence-corrected chi connectivity index (χ3v) is 6.48. The van der Waals surface area contributed by atoms with E-state index in [1.54, 1.807) is 28.4 Å². The minimum Gasteiger partial charge on any atom is -0.377 e. The van der Waals surface area contributed by atoms with Gasteiger partial charge < -0.3 is 4.90 Å². The topological polar surface area (TPSA) is 51.0 Å². The predicted molar refractivity (Wildman–Crippen MR) is 118 cm³/mol. The second-order valence-corrected chi connectivity index (χ2v) is 8.45. The number of aromatic nitrogens is 3. The molecule has 28 heavy (non-hydrogen) atoms. The van der Waals surface area contributed by atoms with Crippen molar-refractivity contribution in [2.24, 2.45) is 0 Å². The summed E-state index contributed by atoms with van der Waals surface area (Å²) in [5.41, 5.74) is 4.70. The van der Waals surface area contributed by atoms with Crippen molar-refractivity contribution in [1.29, 1.82) is 0 Å². The molecule has 5 nitrogen and oxygen atoms in total. The molecular weight excluding hydrogens is 388 g/mol. The van der Waals surface area contributed by atoms with Gasteiger partial charge in [0, 0.05) is 20.3 Å². The lowest BCUT2D eigenvalue weighted by Crippen LogP contribution is -2.17. The molecule has 4 aromatic heterocycles. The molecular formula is C21H16N4OS2. The molecule has 0 spiro atoms. The van der Waals surface area contributed by atoms with Gasteiger partial charge in [0.15, 0.2) is 0 Å². The normalized spacial score (nSPS) is 11.4. The van der Waals surface area contributed by atoms with Gasteiger partial charge in [-0.1, -0.05) is 12.1 Å². The van der Waals surface area contributed by atoms with Gasteiger partial charge in [-0.05, 0) is 46.2 Å². The number of thiophene rings is 2. The summed E-state index contributed by atoms with van der Waals surface area (Å²) < 4.78 is 2.24. The van der Waals surface area contributed by atoms with Gasteiger partial charge in [-0.2, -0.15) is 11.3 Å². The zero-order valence-electron chi connectivity index (χ0n) is 15.3. The van der Waals surface area contributed by atoms with Crippen LogP contribution < -0.4 is 10.5 Å². The Labute approximate surface area is 169 Å². The second-order valence-electron chi connectivity index (χ2n) is 6.67. The molecule has 7 heteroatoms. The molecule has 0 saturated heterocycles. The van der Waals surface area contributed by atoms with Crippen LogP contribution in [0.4, 0.5) is 5.69 Å². The van der Waals surface area contributed by atoms with Crippen molar-refractivity contribution in [3.05, 3.63) is 70.0 Å². The van der Waals surface area contributed by atoms with Crippen molar-refractivity contribution >= 4 is 48.8 Å². The zero-order chi connectivity index (χ0) is 19.3. The number of nitrogens with zero attached hydrogens (tertiary/aromatic N) is 4. The molecule has 0 atom stereocenters. The standard InChI is InChI=1S/C21H16N4OS2/c1-24(2)16-6-8-22-20-17(16)18-19(28-20)21(26)25(12-23-18)15-5-3-4-13(10-15)14-7-9-27-11-14/h3-12H,1-2H3. The third kappa shape index (κ3) is 2.63. The molecule has 0 bridgehead atoms. The van der Waals surface area contributed by atoms with Crippen molar-refractivity contribution < 1.29 is 0 Å². The van der Waals surface area contributed by atoms with E-state index in [0.29, 0.717) is 10.2 Å². The lowest BCUT2D eigenvalue weighted by Gasteiger charge is -2.13. The molecule has 0 aliphatic heterocycles. The van der Waals surface area contributed by atoms with Crippen molar-refractivity contribution in [1.82, 2.24) is 14.5 Å². The van der Waals surface area contributed by atoms with Crippen LogP contribution in [-0.2, 0) is 0 Å². The van der Waals surface area contributed by atoms with E-state index in [4.69, 9.17) is 0 Å². The van der Waals surface area contributed by atoms with Gasteiger partial charge in [0.05, 0.1) is 22.3 Å². The summed E-state index contributed by atoms with van der Waals surface area (Å²) in [6.07, 6.45) is 3.39. The number of fused-ring (bicyclic) bond motifs is 3. The van der Waals surface area contributed by atoms with Crippen molar-refractivity contribution in [2.75, 3.05) is 19.0 Å². The first-order valence-corrected chi connectivity index (χ1v) is 10.5. The summed E-state index contributed by atoms with van der Waals surface area (Å²) in [4.78, 5) is 25.2. The molecule has 0 aliphatic rings. The van der Waals surface area contributed by atoms with Gasteiger partial charge in [-0.3, -0.25) is 9.36 Å². The molecule has 0 unspecified atom stereocenters. The largest absolute Gasteiger partial charge is 0.377 e. The van der Waals surface area contributed by atoms with Crippen LogP contribution in [-0.4, -0.2) is 28.6 Å². The van der Waals surface area contributed by atoms with Crippen LogP contribution in [0.25, 0.3) is 37.2 Å². The molecule has 0 radical (unpaired) electrons.